The first-order valence-corrected chi connectivity index (χ1v) is 8.85. The zero-order valence-electron chi connectivity index (χ0n) is 17.0. The number of hydrogen-bond acceptors (Lipinski definition) is 1. The average molecular weight is 326 g/mol. The van der Waals surface area contributed by atoms with Crippen molar-refractivity contribution in [2.75, 3.05) is 12.4 Å². The third-order valence-electron chi connectivity index (χ3n) is 4.04. The predicted octanol–water partition coefficient (Wildman–Crippen LogP) is 6.98. The van der Waals surface area contributed by atoms with E-state index in [4.69, 9.17) is 0 Å². The Bertz CT molecular complexity index is 644. The molecule has 0 saturated carbocycles. The van der Waals surface area contributed by atoms with Crippen molar-refractivity contribution >= 4 is 11.3 Å². The van der Waals surface area contributed by atoms with Gasteiger partial charge in [-0.25, -0.2) is 0 Å². The van der Waals surface area contributed by atoms with E-state index in [0.29, 0.717) is 0 Å². The zero-order chi connectivity index (χ0) is 18.5. The molecule has 1 nitrogen and oxygen atoms in total. The Morgan fingerprint density at radius 2 is 1.62 bits per heavy atom. The summed E-state index contributed by atoms with van der Waals surface area (Å²) in [5.41, 5.74) is 6.63. The molecular weight excluding hydrogens is 290 g/mol. The molecule has 1 heteroatoms. The van der Waals surface area contributed by atoms with Crippen molar-refractivity contribution in [3.63, 3.8) is 0 Å². The molecule has 0 spiro atoms. The summed E-state index contributed by atoms with van der Waals surface area (Å²) in [6, 6.07) is 6.76. The first-order valence-electron chi connectivity index (χ1n) is 8.85. The smallest absolute Gasteiger partial charge is 0.0417 e. The lowest BCUT2D eigenvalue weighted by Crippen LogP contribution is -2.12. The van der Waals surface area contributed by atoms with Gasteiger partial charge in [-0.15, -0.1) is 0 Å². The van der Waals surface area contributed by atoms with Gasteiger partial charge < -0.3 is 5.32 Å². The Labute approximate surface area is 149 Å². The van der Waals surface area contributed by atoms with E-state index >= 15 is 0 Å². The molecule has 0 aliphatic heterocycles. The van der Waals surface area contributed by atoms with Gasteiger partial charge in [-0.3, -0.25) is 0 Å². The summed E-state index contributed by atoms with van der Waals surface area (Å²) in [7, 11) is 1.99. The highest BCUT2D eigenvalue weighted by Gasteiger charge is 2.17. The summed E-state index contributed by atoms with van der Waals surface area (Å²) in [5.74, 6) is 0. The molecule has 1 aromatic carbocycles. The lowest BCUT2D eigenvalue weighted by molar-refractivity contribution is 0.544. The van der Waals surface area contributed by atoms with Crippen molar-refractivity contribution < 1.29 is 0 Å². The molecule has 0 aliphatic carbocycles. The van der Waals surface area contributed by atoms with Crippen LogP contribution in [-0.2, 0) is 5.41 Å². The summed E-state index contributed by atoms with van der Waals surface area (Å²) < 4.78 is 0. The maximum Gasteiger partial charge on any atom is 0.0417 e. The molecule has 0 saturated heterocycles. The van der Waals surface area contributed by atoms with Crippen molar-refractivity contribution in [3.8, 4) is 0 Å². The molecule has 1 N–H and O–H groups in total. The van der Waals surface area contributed by atoms with E-state index in [1.165, 1.54) is 28.0 Å². The van der Waals surface area contributed by atoms with Gasteiger partial charge in [-0.1, -0.05) is 71.9 Å². The van der Waals surface area contributed by atoms with Gasteiger partial charge in [0.1, 0.15) is 0 Å². The number of rotatable bonds is 4. The molecule has 132 valence electrons. The molecule has 0 atom stereocenters. The van der Waals surface area contributed by atoms with Gasteiger partial charge in [0.05, 0.1) is 0 Å². The van der Waals surface area contributed by atoms with Crippen molar-refractivity contribution in [1.29, 1.82) is 0 Å². The molecule has 1 rings (SSSR count). The molecular formula is C23H35N. The lowest BCUT2D eigenvalue weighted by Gasteiger charge is -2.23. The molecule has 0 amide bonds. The Hall–Kier alpha value is -1.76. The Morgan fingerprint density at radius 3 is 2.08 bits per heavy atom. The van der Waals surface area contributed by atoms with Crippen LogP contribution in [0.3, 0.4) is 0 Å². The maximum atomic E-state index is 3.36. The van der Waals surface area contributed by atoms with E-state index in [1.54, 1.807) is 0 Å². The van der Waals surface area contributed by atoms with Gasteiger partial charge in [0, 0.05) is 18.3 Å². The highest BCUT2D eigenvalue weighted by atomic mass is 14.8. The van der Waals surface area contributed by atoms with Gasteiger partial charge >= 0.3 is 0 Å². The van der Waals surface area contributed by atoms with Crippen molar-refractivity contribution in [2.24, 2.45) is 5.41 Å². The van der Waals surface area contributed by atoms with Crippen LogP contribution in [0.25, 0.3) is 5.57 Å². The number of allylic oxidation sites excluding steroid dienone is 6. The van der Waals surface area contributed by atoms with Crippen LogP contribution in [0, 0.1) is 5.41 Å². The van der Waals surface area contributed by atoms with Crippen LogP contribution in [0.4, 0.5) is 5.69 Å². The quantitative estimate of drug-likeness (QED) is 0.589. The van der Waals surface area contributed by atoms with Crippen LogP contribution >= 0.6 is 0 Å². The summed E-state index contributed by atoms with van der Waals surface area (Å²) in [5, 5.41) is 3.36. The van der Waals surface area contributed by atoms with Crippen molar-refractivity contribution in [2.45, 2.75) is 60.8 Å². The highest BCUT2D eigenvalue weighted by Crippen LogP contribution is 2.34. The zero-order valence-corrected chi connectivity index (χ0v) is 17.0. The molecule has 0 radical (unpaired) electrons. The number of nitrogens with one attached hydrogen (secondary N) is 1. The molecule has 0 unspecified atom stereocenters. The summed E-state index contributed by atoms with van der Waals surface area (Å²) >= 11 is 0. The number of hydrogen-bond donors (Lipinski definition) is 1. The average Bonchev–Trinajstić information content (AvgIpc) is 2.45. The van der Waals surface area contributed by atoms with Gasteiger partial charge in [0.25, 0.3) is 0 Å². The van der Waals surface area contributed by atoms with Crippen LogP contribution in [0.2, 0.25) is 0 Å². The fourth-order valence-electron chi connectivity index (χ4n) is 2.56. The second-order valence-corrected chi connectivity index (χ2v) is 8.56. The third kappa shape index (κ3) is 5.70. The van der Waals surface area contributed by atoms with Gasteiger partial charge in [-0.2, -0.15) is 0 Å². The van der Waals surface area contributed by atoms with Crippen LogP contribution in [0.1, 0.15) is 66.5 Å². The minimum absolute atomic E-state index is 0.133. The minimum atomic E-state index is 0.133. The molecule has 0 aliphatic rings. The molecule has 0 aromatic heterocycles. The van der Waals surface area contributed by atoms with Gasteiger partial charge in [-0.05, 0) is 53.5 Å². The SMILES string of the molecule is C\C=C/C(C)=C(\C=C\C(C)(C)C)c1cc(C(C)(C)C)ccc1NC. The normalized spacial score (nSPS) is 14.4. The van der Waals surface area contributed by atoms with Crippen LogP contribution in [0.15, 0.2) is 48.1 Å². The Morgan fingerprint density at radius 1 is 1.00 bits per heavy atom. The van der Waals surface area contributed by atoms with Gasteiger partial charge in [0.15, 0.2) is 0 Å². The topological polar surface area (TPSA) is 12.0 Å². The lowest BCUT2D eigenvalue weighted by atomic mass is 9.84. The Kier molecular flexibility index (Phi) is 6.66. The summed E-state index contributed by atoms with van der Waals surface area (Å²) in [4.78, 5) is 0. The second kappa shape index (κ2) is 7.88. The molecule has 0 fully saturated rings. The van der Waals surface area contributed by atoms with Crippen molar-refractivity contribution in [3.05, 3.63) is 59.2 Å². The first-order chi connectivity index (χ1) is 11.0. The number of anilines is 1. The van der Waals surface area contributed by atoms with E-state index in [2.05, 4.69) is 103 Å². The molecule has 24 heavy (non-hydrogen) atoms. The summed E-state index contributed by atoms with van der Waals surface area (Å²) in [6.07, 6.45) is 8.86. The first kappa shape index (κ1) is 20.3. The van der Waals surface area contributed by atoms with Crippen LogP contribution in [0.5, 0.6) is 0 Å². The highest BCUT2D eigenvalue weighted by molar-refractivity contribution is 5.85. The van der Waals surface area contributed by atoms with Crippen molar-refractivity contribution in [1.82, 2.24) is 0 Å². The van der Waals surface area contributed by atoms with Crippen LogP contribution < -0.4 is 5.32 Å². The van der Waals surface area contributed by atoms with E-state index in [1.807, 2.05) is 7.05 Å². The molecule has 1 aromatic rings. The standard InChI is InChI=1S/C23H35N/c1-10-11-17(2)19(14-15-22(3,4)5)20-16-18(23(6,7)8)12-13-21(20)24-9/h10-16,24H,1-9H3/b11-10-,15-14+,19-17+. The van der Waals surface area contributed by atoms with Crippen LogP contribution in [-0.4, -0.2) is 7.05 Å². The third-order valence-corrected chi connectivity index (χ3v) is 4.04. The van der Waals surface area contributed by atoms with E-state index in [0.717, 1.165) is 0 Å². The maximum absolute atomic E-state index is 3.36. The molecule has 0 heterocycles. The van der Waals surface area contributed by atoms with E-state index < -0.39 is 0 Å². The van der Waals surface area contributed by atoms with E-state index in [9.17, 15) is 0 Å². The fraction of sp³-hybridized carbons (Fsp3) is 0.478. The second-order valence-electron chi connectivity index (χ2n) is 8.56. The van der Waals surface area contributed by atoms with Gasteiger partial charge in [0.2, 0.25) is 0 Å². The van der Waals surface area contributed by atoms with E-state index in [-0.39, 0.29) is 10.8 Å². The summed E-state index contributed by atoms with van der Waals surface area (Å²) in [6.45, 7) is 17.7. The minimum Gasteiger partial charge on any atom is -0.388 e. The molecule has 0 bridgehead atoms. The fourth-order valence-corrected chi connectivity index (χ4v) is 2.56. The largest absolute Gasteiger partial charge is 0.388 e. The Balaban J connectivity index is 3.64. The number of benzene rings is 1. The monoisotopic (exact) mass is 325 g/mol. The predicted molar refractivity (Wildman–Crippen MR) is 111 cm³/mol.